The Bertz CT molecular complexity index is 326. The van der Waals surface area contributed by atoms with E-state index in [0.717, 1.165) is 0 Å². The Hall–Kier alpha value is -1.40. The molecule has 62 valence electrons. The van der Waals surface area contributed by atoms with Crippen molar-refractivity contribution in [3.05, 3.63) is 23.8 Å². The minimum Gasteiger partial charge on any atom is -0.372 e. The predicted octanol–water partition coefficient (Wildman–Crippen LogP) is 0.626. The van der Waals surface area contributed by atoms with E-state index in [9.17, 15) is 5.11 Å². The van der Waals surface area contributed by atoms with Crippen molar-refractivity contribution in [1.29, 1.82) is 0 Å². The summed E-state index contributed by atoms with van der Waals surface area (Å²) in [5, 5.41) is 9.59. The predicted molar refractivity (Wildman–Crippen MR) is 45.2 cm³/mol. The highest BCUT2D eigenvalue weighted by atomic mass is 16.3. The molecule has 0 spiro atoms. The largest absolute Gasteiger partial charge is 0.372 e. The molecule has 1 unspecified atom stereocenters. The highest BCUT2D eigenvalue weighted by Gasteiger charge is 2.21. The molecule has 1 rings (SSSR count). The van der Waals surface area contributed by atoms with Gasteiger partial charge in [0.05, 0.1) is 5.69 Å². The fourth-order valence-electron chi connectivity index (χ4n) is 0.801. The van der Waals surface area contributed by atoms with Crippen molar-refractivity contribution in [3.8, 4) is 12.3 Å². The van der Waals surface area contributed by atoms with Crippen molar-refractivity contribution in [2.45, 2.75) is 19.4 Å². The quantitative estimate of drug-likeness (QED) is 0.616. The number of hydrogen-bond acceptors (Lipinski definition) is 3. The lowest BCUT2D eigenvalue weighted by atomic mass is 10.0. The number of rotatable bonds is 1. The Kier molecular flexibility index (Phi) is 2.11. The smallest absolute Gasteiger partial charge is 0.164 e. The van der Waals surface area contributed by atoms with Crippen LogP contribution in [0.15, 0.2) is 12.3 Å². The second kappa shape index (κ2) is 2.92. The van der Waals surface area contributed by atoms with Gasteiger partial charge < -0.3 is 5.11 Å². The standard InChI is InChI=1S/C9H10N2O/c1-4-9(3,12)8-5-6-10-7(2)11-8/h1,5-6,12H,2-3H3. The van der Waals surface area contributed by atoms with Gasteiger partial charge >= 0.3 is 0 Å². The van der Waals surface area contributed by atoms with Crippen LogP contribution in [0.4, 0.5) is 0 Å². The summed E-state index contributed by atoms with van der Waals surface area (Å²) in [4.78, 5) is 7.91. The highest BCUT2D eigenvalue weighted by molar-refractivity contribution is 5.21. The molecule has 0 aliphatic heterocycles. The third-order valence-electron chi connectivity index (χ3n) is 1.56. The molecule has 0 saturated carbocycles. The lowest BCUT2D eigenvalue weighted by Crippen LogP contribution is -2.20. The zero-order valence-electron chi connectivity index (χ0n) is 7.07. The maximum Gasteiger partial charge on any atom is 0.164 e. The number of hydrogen-bond donors (Lipinski definition) is 1. The molecule has 0 saturated heterocycles. The first-order valence-corrected chi connectivity index (χ1v) is 3.56. The Labute approximate surface area is 71.5 Å². The normalized spacial score (nSPS) is 14.8. The van der Waals surface area contributed by atoms with E-state index in [1.165, 1.54) is 6.92 Å². The van der Waals surface area contributed by atoms with E-state index in [4.69, 9.17) is 6.42 Å². The topological polar surface area (TPSA) is 46.0 Å². The first kappa shape index (κ1) is 8.69. The molecule has 0 bridgehead atoms. The molecule has 0 aliphatic carbocycles. The van der Waals surface area contributed by atoms with Gasteiger partial charge in [0.25, 0.3) is 0 Å². The summed E-state index contributed by atoms with van der Waals surface area (Å²) in [5.74, 6) is 2.85. The fourth-order valence-corrected chi connectivity index (χ4v) is 0.801. The summed E-state index contributed by atoms with van der Waals surface area (Å²) in [7, 11) is 0. The second-order valence-electron chi connectivity index (χ2n) is 2.71. The third-order valence-corrected chi connectivity index (χ3v) is 1.56. The lowest BCUT2D eigenvalue weighted by Gasteiger charge is -2.14. The van der Waals surface area contributed by atoms with Crippen LogP contribution in [0, 0.1) is 19.3 Å². The van der Waals surface area contributed by atoms with Gasteiger partial charge in [-0.2, -0.15) is 0 Å². The zero-order chi connectivity index (χ0) is 9.19. The lowest BCUT2D eigenvalue weighted by molar-refractivity contribution is 0.117. The van der Waals surface area contributed by atoms with Crippen LogP contribution in [0.25, 0.3) is 0 Å². The first-order chi connectivity index (χ1) is 5.56. The van der Waals surface area contributed by atoms with E-state index in [2.05, 4.69) is 15.9 Å². The molecular formula is C9H10N2O. The van der Waals surface area contributed by atoms with Gasteiger partial charge in [0.15, 0.2) is 5.60 Å². The van der Waals surface area contributed by atoms with E-state index in [1.807, 2.05) is 0 Å². The van der Waals surface area contributed by atoms with E-state index < -0.39 is 5.60 Å². The molecule has 3 nitrogen and oxygen atoms in total. The Morgan fingerprint density at radius 1 is 1.67 bits per heavy atom. The summed E-state index contributed by atoms with van der Waals surface area (Å²) in [6.07, 6.45) is 6.70. The highest BCUT2D eigenvalue weighted by Crippen LogP contribution is 2.15. The molecule has 0 aromatic carbocycles. The number of aryl methyl sites for hydroxylation is 1. The molecule has 1 N–H and O–H groups in total. The molecule has 3 heteroatoms. The molecule has 0 aliphatic rings. The molecule has 1 aromatic rings. The SMILES string of the molecule is C#CC(C)(O)c1ccnc(C)n1. The van der Waals surface area contributed by atoms with E-state index in [0.29, 0.717) is 11.5 Å². The maximum atomic E-state index is 9.59. The van der Waals surface area contributed by atoms with Crippen molar-refractivity contribution in [1.82, 2.24) is 9.97 Å². The number of aromatic nitrogens is 2. The van der Waals surface area contributed by atoms with Crippen LogP contribution >= 0.6 is 0 Å². The van der Waals surface area contributed by atoms with Gasteiger partial charge in [0, 0.05) is 6.20 Å². The number of aliphatic hydroxyl groups is 1. The van der Waals surface area contributed by atoms with Gasteiger partial charge in [0.1, 0.15) is 5.82 Å². The summed E-state index contributed by atoms with van der Waals surface area (Å²) in [5.41, 5.74) is -0.842. The van der Waals surface area contributed by atoms with Crippen LogP contribution in [0.1, 0.15) is 18.4 Å². The van der Waals surface area contributed by atoms with Gasteiger partial charge in [0.2, 0.25) is 0 Å². The second-order valence-corrected chi connectivity index (χ2v) is 2.71. The monoisotopic (exact) mass is 162 g/mol. The third kappa shape index (κ3) is 1.60. The Morgan fingerprint density at radius 3 is 2.83 bits per heavy atom. The van der Waals surface area contributed by atoms with Crippen molar-refractivity contribution < 1.29 is 5.11 Å². The summed E-state index contributed by atoms with van der Waals surface area (Å²) in [6, 6.07) is 1.60. The molecule has 1 aromatic heterocycles. The van der Waals surface area contributed by atoms with Crippen molar-refractivity contribution in [3.63, 3.8) is 0 Å². The molecule has 1 heterocycles. The zero-order valence-corrected chi connectivity index (χ0v) is 7.07. The molecule has 0 amide bonds. The summed E-state index contributed by atoms with van der Waals surface area (Å²) < 4.78 is 0. The van der Waals surface area contributed by atoms with Crippen LogP contribution in [0.3, 0.4) is 0 Å². The minimum atomic E-state index is -1.30. The number of terminal acetylenes is 1. The first-order valence-electron chi connectivity index (χ1n) is 3.56. The van der Waals surface area contributed by atoms with Gasteiger partial charge in [-0.05, 0) is 19.9 Å². The van der Waals surface area contributed by atoms with Crippen LogP contribution < -0.4 is 0 Å². The van der Waals surface area contributed by atoms with Gasteiger partial charge in [-0.25, -0.2) is 9.97 Å². The van der Waals surface area contributed by atoms with E-state index in [1.54, 1.807) is 19.2 Å². The summed E-state index contributed by atoms with van der Waals surface area (Å²) >= 11 is 0. The van der Waals surface area contributed by atoms with Gasteiger partial charge in [-0.15, -0.1) is 6.42 Å². The molecule has 1 atom stereocenters. The van der Waals surface area contributed by atoms with Crippen LogP contribution in [-0.4, -0.2) is 15.1 Å². The van der Waals surface area contributed by atoms with Crippen LogP contribution in [-0.2, 0) is 5.60 Å². The summed E-state index contributed by atoms with van der Waals surface area (Å²) in [6.45, 7) is 3.27. The fraction of sp³-hybridized carbons (Fsp3) is 0.333. The van der Waals surface area contributed by atoms with Gasteiger partial charge in [-0.3, -0.25) is 0 Å². The molecular weight excluding hydrogens is 152 g/mol. The average molecular weight is 162 g/mol. The van der Waals surface area contributed by atoms with Crippen molar-refractivity contribution in [2.75, 3.05) is 0 Å². The average Bonchev–Trinajstić information content (AvgIpc) is 2.05. The van der Waals surface area contributed by atoms with Crippen molar-refractivity contribution >= 4 is 0 Å². The number of nitrogens with zero attached hydrogens (tertiary/aromatic N) is 2. The van der Waals surface area contributed by atoms with Crippen molar-refractivity contribution in [2.24, 2.45) is 0 Å². The molecule has 0 fully saturated rings. The van der Waals surface area contributed by atoms with Crippen LogP contribution in [0.5, 0.6) is 0 Å². The van der Waals surface area contributed by atoms with E-state index >= 15 is 0 Å². The maximum absolute atomic E-state index is 9.59. The van der Waals surface area contributed by atoms with Gasteiger partial charge in [-0.1, -0.05) is 5.92 Å². The molecule has 0 radical (unpaired) electrons. The van der Waals surface area contributed by atoms with Crippen LogP contribution in [0.2, 0.25) is 0 Å². The minimum absolute atomic E-state index is 0.456. The Balaban J connectivity index is 3.14. The van der Waals surface area contributed by atoms with E-state index in [-0.39, 0.29) is 0 Å². The Morgan fingerprint density at radius 2 is 2.33 bits per heavy atom. The molecule has 12 heavy (non-hydrogen) atoms.